The zero-order valence-corrected chi connectivity index (χ0v) is 13.6. The lowest BCUT2D eigenvalue weighted by atomic mass is 10.1. The lowest BCUT2D eigenvalue weighted by Crippen LogP contribution is -2.38. The molecule has 0 spiro atoms. The maximum atomic E-state index is 10.8. The van der Waals surface area contributed by atoms with Crippen LogP contribution in [0.2, 0.25) is 5.02 Å². The summed E-state index contributed by atoms with van der Waals surface area (Å²) in [5.41, 5.74) is 6.20. The standard InChI is InChI=1S/C16H17ClN2O2S/c1-11(19(21)16(18)20)2-7-14-8-9-15(22-14)10-12-3-5-13(17)6-4-12/h2-9,11,21H,10H2,1H3,(H2,18,20)/b7-2-. The second-order valence-electron chi connectivity index (χ2n) is 4.89. The molecular formula is C16H17ClN2O2S. The number of benzene rings is 1. The van der Waals surface area contributed by atoms with E-state index in [9.17, 15) is 10.0 Å². The largest absolute Gasteiger partial charge is 0.350 e. The average molecular weight is 337 g/mol. The van der Waals surface area contributed by atoms with Gasteiger partial charge >= 0.3 is 6.03 Å². The molecule has 0 radical (unpaired) electrons. The zero-order valence-electron chi connectivity index (χ0n) is 12.1. The molecule has 0 aliphatic rings. The summed E-state index contributed by atoms with van der Waals surface area (Å²) >= 11 is 7.53. The van der Waals surface area contributed by atoms with E-state index >= 15 is 0 Å². The van der Waals surface area contributed by atoms with E-state index in [1.165, 1.54) is 10.4 Å². The van der Waals surface area contributed by atoms with Crippen molar-refractivity contribution in [2.45, 2.75) is 19.4 Å². The Balaban J connectivity index is 1.99. The molecule has 0 aliphatic carbocycles. The molecule has 3 N–H and O–H groups in total. The van der Waals surface area contributed by atoms with E-state index in [-0.39, 0.29) is 0 Å². The monoisotopic (exact) mass is 336 g/mol. The number of hydroxylamine groups is 2. The molecule has 0 fully saturated rings. The van der Waals surface area contributed by atoms with Gasteiger partial charge in [0.15, 0.2) is 0 Å². The molecule has 0 aliphatic heterocycles. The van der Waals surface area contributed by atoms with Crippen LogP contribution in [0, 0.1) is 0 Å². The van der Waals surface area contributed by atoms with E-state index in [2.05, 4.69) is 6.07 Å². The van der Waals surface area contributed by atoms with Crippen LogP contribution in [-0.4, -0.2) is 22.3 Å². The van der Waals surface area contributed by atoms with Gasteiger partial charge in [-0.1, -0.05) is 29.8 Å². The van der Waals surface area contributed by atoms with Crippen molar-refractivity contribution in [2.75, 3.05) is 0 Å². The highest BCUT2D eigenvalue weighted by Crippen LogP contribution is 2.22. The number of nitrogens with two attached hydrogens (primary N) is 1. The van der Waals surface area contributed by atoms with Gasteiger partial charge in [0.2, 0.25) is 0 Å². The highest BCUT2D eigenvalue weighted by atomic mass is 35.5. The molecule has 116 valence electrons. The molecule has 0 saturated carbocycles. The second-order valence-corrected chi connectivity index (χ2v) is 6.53. The Morgan fingerprint density at radius 3 is 2.68 bits per heavy atom. The number of nitrogens with zero attached hydrogens (tertiary/aromatic N) is 1. The Labute approximate surface area is 138 Å². The van der Waals surface area contributed by atoms with Crippen LogP contribution in [0.15, 0.2) is 42.5 Å². The van der Waals surface area contributed by atoms with E-state index in [1.54, 1.807) is 24.3 Å². The minimum Gasteiger partial charge on any atom is -0.350 e. The first-order valence-electron chi connectivity index (χ1n) is 6.74. The molecule has 1 unspecified atom stereocenters. The Morgan fingerprint density at radius 2 is 2.05 bits per heavy atom. The second kappa shape index (κ2) is 7.45. The highest BCUT2D eigenvalue weighted by molar-refractivity contribution is 7.12. The van der Waals surface area contributed by atoms with Gasteiger partial charge in [-0.2, -0.15) is 5.06 Å². The minimum absolute atomic E-state index is 0.473. The topological polar surface area (TPSA) is 66.6 Å². The third-order valence-corrected chi connectivity index (χ3v) is 4.43. The van der Waals surface area contributed by atoms with E-state index in [1.807, 2.05) is 36.4 Å². The SMILES string of the molecule is CC(/C=C\c1ccc(Cc2ccc(Cl)cc2)s1)N(O)C(N)=O. The number of urea groups is 1. The first-order valence-corrected chi connectivity index (χ1v) is 7.94. The van der Waals surface area contributed by atoms with E-state index in [4.69, 9.17) is 17.3 Å². The molecule has 6 heteroatoms. The fourth-order valence-corrected chi connectivity index (χ4v) is 2.99. The van der Waals surface area contributed by atoms with Crippen LogP contribution in [0.3, 0.4) is 0 Å². The predicted octanol–water partition coefficient (Wildman–Crippen LogP) is 4.16. The highest BCUT2D eigenvalue weighted by Gasteiger charge is 2.11. The summed E-state index contributed by atoms with van der Waals surface area (Å²) in [6.45, 7) is 1.68. The third-order valence-electron chi connectivity index (χ3n) is 3.12. The Hall–Kier alpha value is -1.82. The fourth-order valence-electron chi connectivity index (χ4n) is 1.90. The number of carbonyl (C=O) groups is 1. The van der Waals surface area contributed by atoms with E-state index < -0.39 is 12.1 Å². The number of hydrogen-bond donors (Lipinski definition) is 2. The number of carbonyl (C=O) groups excluding carboxylic acids is 1. The Bertz CT molecular complexity index is 667. The van der Waals surface area contributed by atoms with Crippen molar-refractivity contribution in [2.24, 2.45) is 5.73 Å². The summed E-state index contributed by atoms with van der Waals surface area (Å²) in [7, 11) is 0. The minimum atomic E-state index is -0.869. The molecule has 1 aromatic heterocycles. The Kier molecular flexibility index (Phi) is 5.60. The maximum Gasteiger partial charge on any atom is 0.339 e. The molecule has 2 aromatic rings. The van der Waals surface area contributed by atoms with Gasteiger partial charge in [0.25, 0.3) is 0 Å². The summed E-state index contributed by atoms with van der Waals surface area (Å²) in [5, 5.41) is 10.6. The van der Waals surface area contributed by atoms with Gasteiger partial charge in [-0.3, -0.25) is 5.21 Å². The van der Waals surface area contributed by atoms with Crippen molar-refractivity contribution in [3.63, 3.8) is 0 Å². The van der Waals surface area contributed by atoms with E-state index in [0.717, 1.165) is 16.3 Å². The number of primary amides is 1. The van der Waals surface area contributed by atoms with Crippen LogP contribution in [0.5, 0.6) is 0 Å². The fraction of sp³-hybridized carbons (Fsp3) is 0.188. The molecule has 4 nitrogen and oxygen atoms in total. The summed E-state index contributed by atoms with van der Waals surface area (Å²) in [6, 6.07) is 10.5. The zero-order chi connectivity index (χ0) is 16.1. The number of rotatable bonds is 5. The summed E-state index contributed by atoms with van der Waals surface area (Å²) < 4.78 is 0. The molecular weight excluding hydrogens is 320 g/mol. The van der Waals surface area contributed by atoms with Gasteiger partial charge in [0.05, 0.1) is 6.04 Å². The molecule has 1 aromatic carbocycles. The van der Waals surface area contributed by atoms with E-state index in [0.29, 0.717) is 5.06 Å². The molecule has 2 rings (SSSR count). The molecule has 22 heavy (non-hydrogen) atoms. The van der Waals surface area contributed by atoms with Crippen LogP contribution < -0.4 is 5.73 Å². The summed E-state index contributed by atoms with van der Waals surface area (Å²) in [4.78, 5) is 13.1. The van der Waals surface area contributed by atoms with Crippen molar-refractivity contribution in [1.82, 2.24) is 5.06 Å². The third kappa shape index (κ3) is 4.59. The van der Waals surface area contributed by atoms with Crippen LogP contribution in [-0.2, 0) is 6.42 Å². The first kappa shape index (κ1) is 16.5. The number of amides is 2. The summed E-state index contributed by atoms with van der Waals surface area (Å²) in [6.07, 6.45) is 4.44. The maximum absolute atomic E-state index is 10.8. The van der Waals surface area contributed by atoms with Crippen molar-refractivity contribution in [1.29, 1.82) is 0 Å². The quantitative estimate of drug-likeness (QED) is 0.635. The van der Waals surface area contributed by atoms with Crippen LogP contribution >= 0.6 is 22.9 Å². The van der Waals surface area contributed by atoms with Crippen molar-refractivity contribution in [3.05, 3.63) is 62.8 Å². The molecule has 1 atom stereocenters. The summed E-state index contributed by atoms with van der Waals surface area (Å²) in [5.74, 6) is 0. The van der Waals surface area contributed by atoms with Gasteiger partial charge in [-0.05, 0) is 42.8 Å². The van der Waals surface area contributed by atoms with Gasteiger partial charge in [0, 0.05) is 21.2 Å². The predicted molar refractivity (Wildman–Crippen MR) is 90.3 cm³/mol. The lowest BCUT2D eigenvalue weighted by molar-refractivity contribution is -0.0560. The van der Waals surface area contributed by atoms with Crippen LogP contribution in [0.25, 0.3) is 6.08 Å². The van der Waals surface area contributed by atoms with Gasteiger partial charge in [-0.25, -0.2) is 4.79 Å². The normalized spacial score (nSPS) is 12.5. The molecule has 2 amide bonds. The van der Waals surface area contributed by atoms with Gasteiger partial charge in [-0.15, -0.1) is 11.3 Å². The number of thiophene rings is 1. The van der Waals surface area contributed by atoms with Crippen molar-refractivity contribution < 1.29 is 10.0 Å². The molecule has 0 saturated heterocycles. The smallest absolute Gasteiger partial charge is 0.339 e. The van der Waals surface area contributed by atoms with Gasteiger partial charge in [0.1, 0.15) is 0 Å². The molecule has 1 heterocycles. The number of halogens is 1. The lowest BCUT2D eigenvalue weighted by Gasteiger charge is -2.16. The van der Waals surface area contributed by atoms with Gasteiger partial charge < -0.3 is 5.73 Å². The van der Waals surface area contributed by atoms with Crippen molar-refractivity contribution in [3.8, 4) is 0 Å². The van der Waals surface area contributed by atoms with Crippen molar-refractivity contribution >= 4 is 35.0 Å². The van der Waals surface area contributed by atoms with Crippen LogP contribution in [0.4, 0.5) is 4.79 Å². The number of hydrogen-bond acceptors (Lipinski definition) is 3. The molecule has 0 bridgehead atoms. The average Bonchev–Trinajstić information content (AvgIpc) is 2.94. The Morgan fingerprint density at radius 1 is 1.36 bits per heavy atom. The first-order chi connectivity index (χ1) is 10.5. The van der Waals surface area contributed by atoms with Crippen LogP contribution in [0.1, 0.15) is 22.2 Å².